The van der Waals surface area contributed by atoms with Gasteiger partial charge in [-0.2, -0.15) is 10.1 Å². The summed E-state index contributed by atoms with van der Waals surface area (Å²) >= 11 is 0. The van der Waals surface area contributed by atoms with Gasteiger partial charge in [-0.05, 0) is 38.0 Å². The van der Waals surface area contributed by atoms with Gasteiger partial charge in [-0.15, -0.1) is 0 Å². The van der Waals surface area contributed by atoms with Crippen LogP contribution in [0.1, 0.15) is 38.5 Å². The molecule has 5 rings (SSSR count). The summed E-state index contributed by atoms with van der Waals surface area (Å²) in [6.45, 7) is 2.96. The number of carbonyl (C=O) groups is 3. The lowest BCUT2D eigenvalue weighted by atomic mass is 9.97. The predicted octanol–water partition coefficient (Wildman–Crippen LogP) is 1.59. The third-order valence-electron chi connectivity index (χ3n) is 6.16. The van der Waals surface area contributed by atoms with Crippen LogP contribution in [0.5, 0.6) is 11.5 Å². The van der Waals surface area contributed by atoms with Crippen molar-refractivity contribution in [2.24, 2.45) is 11.0 Å². The average Bonchev–Trinajstić information content (AvgIpc) is 3.55. The zero-order valence-electron chi connectivity index (χ0n) is 19.3. The second kappa shape index (κ2) is 9.72. The Morgan fingerprint density at radius 2 is 1.94 bits per heavy atom. The summed E-state index contributed by atoms with van der Waals surface area (Å²) in [5, 5.41) is 9.51. The standard InChI is InChI=1S/C23H25N5O7/c1-2-32-23(31)14-7-9-27(10-8-14)20(30)12-28-19(29)6-4-16(25-28)22-24-21(26-35-22)15-3-5-17-18(11-15)34-13-33-17/h3,5,11,14H,2,4,6-10,12-13H2,1H3. The molecule has 0 spiro atoms. The molecule has 2 aromatic rings. The summed E-state index contributed by atoms with van der Waals surface area (Å²) in [4.78, 5) is 43.2. The van der Waals surface area contributed by atoms with Crippen molar-refractivity contribution >= 4 is 23.5 Å². The molecule has 4 heterocycles. The van der Waals surface area contributed by atoms with Crippen LogP contribution in [0.2, 0.25) is 0 Å². The molecular weight excluding hydrogens is 458 g/mol. The van der Waals surface area contributed by atoms with Gasteiger partial charge in [0.05, 0.1) is 12.5 Å². The fourth-order valence-electron chi connectivity index (χ4n) is 4.23. The minimum atomic E-state index is -0.251. The van der Waals surface area contributed by atoms with Crippen molar-refractivity contribution in [1.82, 2.24) is 20.0 Å². The van der Waals surface area contributed by atoms with Crippen LogP contribution < -0.4 is 9.47 Å². The van der Waals surface area contributed by atoms with Crippen molar-refractivity contribution in [1.29, 1.82) is 0 Å². The number of fused-ring (bicyclic) bond motifs is 1. The maximum Gasteiger partial charge on any atom is 0.309 e. The van der Waals surface area contributed by atoms with Gasteiger partial charge in [0.15, 0.2) is 11.5 Å². The molecule has 0 saturated carbocycles. The first kappa shape index (κ1) is 22.8. The highest BCUT2D eigenvalue weighted by molar-refractivity contribution is 6.01. The smallest absolute Gasteiger partial charge is 0.309 e. The highest BCUT2D eigenvalue weighted by atomic mass is 16.7. The van der Waals surface area contributed by atoms with Crippen molar-refractivity contribution in [2.45, 2.75) is 32.6 Å². The lowest BCUT2D eigenvalue weighted by molar-refractivity contribution is -0.151. The molecule has 12 nitrogen and oxygen atoms in total. The zero-order valence-corrected chi connectivity index (χ0v) is 19.3. The lowest BCUT2D eigenvalue weighted by Crippen LogP contribution is -2.46. The predicted molar refractivity (Wildman–Crippen MR) is 119 cm³/mol. The van der Waals surface area contributed by atoms with Gasteiger partial charge in [0.25, 0.3) is 5.89 Å². The van der Waals surface area contributed by atoms with E-state index in [0.717, 1.165) is 5.01 Å². The van der Waals surface area contributed by atoms with Crippen LogP contribution in [0.25, 0.3) is 11.4 Å². The molecule has 0 atom stereocenters. The lowest BCUT2D eigenvalue weighted by Gasteiger charge is -2.32. The number of ether oxygens (including phenoxy) is 3. The number of hydrogen-bond acceptors (Lipinski definition) is 10. The van der Waals surface area contributed by atoms with E-state index in [1.54, 1.807) is 30.0 Å². The summed E-state index contributed by atoms with van der Waals surface area (Å²) in [5.41, 5.74) is 1.13. The Kier molecular flexibility index (Phi) is 6.34. The van der Waals surface area contributed by atoms with Gasteiger partial charge in [0.1, 0.15) is 12.3 Å². The van der Waals surface area contributed by atoms with Gasteiger partial charge in [0, 0.05) is 31.5 Å². The van der Waals surface area contributed by atoms with Crippen LogP contribution >= 0.6 is 0 Å². The van der Waals surface area contributed by atoms with Crippen LogP contribution in [0.15, 0.2) is 27.8 Å². The molecule has 35 heavy (non-hydrogen) atoms. The summed E-state index contributed by atoms with van der Waals surface area (Å²) < 4.78 is 21.2. The maximum atomic E-state index is 12.8. The van der Waals surface area contributed by atoms with Crippen LogP contribution in [-0.4, -0.2) is 76.6 Å². The first-order chi connectivity index (χ1) is 17.0. The second-order valence-corrected chi connectivity index (χ2v) is 8.40. The summed E-state index contributed by atoms with van der Waals surface area (Å²) in [6, 6.07) is 5.33. The number of likely N-dealkylation sites (tertiary alicyclic amines) is 1. The summed E-state index contributed by atoms with van der Waals surface area (Å²) in [5.74, 6) is 0.902. The van der Waals surface area contributed by atoms with Gasteiger partial charge < -0.3 is 23.6 Å². The largest absolute Gasteiger partial charge is 0.466 e. The van der Waals surface area contributed by atoms with Crippen LogP contribution in [-0.2, 0) is 19.1 Å². The Balaban J connectivity index is 1.23. The maximum absolute atomic E-state index is 12.8. The van der Waals surface area contributed by atoms with Gasteiger partial charge in [-0.3, -0.25) is 14.4 Å². The molecule has 0 unspecified atom stereocenters. The van der Waals surface area contributed by atoms with Crippen molar-refractivity contribution in [2.75, 3.05) is 33.0 Å². The van der Waals surface area contributed by atoms with Crippen LogP contribution in [0.3, 0.4) is 0 Å². The molecule has 0 aliphatic carbocycles. The Labute approximate surface area is 200 Å². The normalized spacial score (nSPS) is 18.0. The molecule has 1 aromatic heterocycles. The van der Waals surface area contributed by atoms with E-state index < -0.39 is 0 Å². The first-order valence-electron chi connectivity index (χ1n) is 11.6. The second-order valence-electron chi connectivity index (χ2n) is 8.40. The Hall–Kier alpha value is -3.96. The molecule has 1 aromatic carbocycles. The molecule has 0 N–H and O–H groups in total. The summed E-state index contributed by atoms with van der Waals surface area (Å²) in [7, 11) is 0. The van der Waals surface area contributed by atoms with Gasteiger partial charge in [-0.25, -0.2) is 5.01 Å². The molecule has 184 valence electrons. The zero-order chi connectivity index (χ0) is 24.4. The van der Waals surface area contributed by atoms with Crippen molar-refractivity contribution in [3.63, 3.8) is 0 Å². The number of aromatic nitrogens is 2. The quantitative estimate of drug-likeness (QED) is 0.561. The molecule has 0 radical (unpaired) electrons. The topological polar surface area (TPSA) is 137 Å². The number of nitrogens with zero attached hydrogens (tertiary/aromatic N) is 5. The Morgan fingerprint density at radius 3 is 2.74 bits per heavy atom. The van der Waals surface area contributed by atoms with E-state index in [-0.39, 0.29) is 49.4 Å². The van der Waals surface area contributed by atoms with E-state index in [1.165, 1.54) is 0 Å². The highest BCUT2D eigenvalue weighted by Gasteiger charge is 2.31. The number of hydrogen-bond donors (Lipinski definition) is 0. The number of carbonyl (C=O) groups excluding carboxylic acids is 3. The van der Waals surface area contributed by atoms with E-state index in [0.29, 0.717) is 67.6 Å². The summed E-state index contributed by atoms with van der Waals surface area (Å²) in [6.07, 6.45) is 1.59. The number of amides is 2. The SMILES string of the molecule is CCOC(=O)C1CCN(C(=O)CN2N=C(c3nc(-c4ccc5c(c4)OCO5)no3)CCC2=O)CC1. The molecule has 0 bridgehead atoms. The number of esters is 1. The van der Waals surface area contributed by atoms with E-state index in [1.807, 2.05) is 0 Å². The average molecular weight is 483 g/mol. The van der Waals surface area contributed by atoms with Crippen molar-refractivity contribution in [3.05, 3.63) is 24.1 Å². The molecule has 3 aliphatic rings. The monoisotopic (exact) mass is 483 g/mol. The van der Waals surface area contributed by atoms with Gasteiger partial charge in [0.2, 0.25) is 24.4 Å². The van der Waals surface area contributed by atoms with Crippen LogP contribution in [0, 0.1) is 5.92 Å². The Morgan fingerprint density at radius 1 is 1.14 bits per heavy atom. The van der Waals surface area contributed by atoms with E-state index in [4.69, 9.17) is 18.7 Å². The van der Waals surface area contributed by atoms with Crippen molar-refractivity contribution < 1.29 is 33.1 Å². The van der Waals surface area contributed by atoms with Crippen LogP contribution in [0.4, 0.5) is 0 Å². The van der Waals surface area contributed by atoms with Gasteiger partial charge >= 0.3 is 5.97 Å². The van der Waals surface area contributed by atoms with E-state index in [9.17, 15) is 14.4 Å². The molecule has 2 amide bonds. The van der Waals surface area contributed by atoms with Gasteiger partial charge in [-0.1, -0.05) is 5.16 Å². The first-order valence-corrected chi connectivity index (χ1v) is 11.6. The Bertz CT molecular complexity index is 1170. The minimum absolute atomic E-state index is 0.166. The van der Waals surface area contributed by atoms with E-state index in [2.05, 4.69) is 15.2 Å². The number of piperidine rings is 1. The number of benzene rings is 1. The third-order valence-corrected chi connectivity index (χ3v) is 6.16. The van der Waals surface area contributed by atoms with E-state index >= 15 is 0 Å². The molecule has 1 fully saturated rings. The fourth-order valence-corrected chi connectivity index (χ4v) is 4.23. The molecule has 1 saturated heterocycles. The van der Waals surface area contributed by atoms with Crippen molar-refractivity contribution in [3.8, 4) is 22.9 Å². The highest BCUT2D eigenvalue weighted by Crippen LogP contribution is 2.35. The number of hydrazone groups is 1. The minimum Gasteiger partial charge on any atom is -0.466 e. The molecular formula is C23H25N5O7. The third kappa shape index (κ3) is 4.81. The molecule has 3 aliphatic heterocycles. The fraction of sp³-hybridized carbons (Fsp3) is 0.478. The number of rotatable bonds is 6. The molecule has 12 heteroatoms.